The van der Waals surface area contributed by atoms with Crippen LogP contribution in [0.5, 0.6) is 0 Å². The standard InChI is InChI=1S/C18H25NO3/c1-12-16-14(10-7-11-15(16)20)19-17(12)18(21)22-13-8-5-3-2-4-6-9-13/h13,19H,2-11H2,1H3. The molecule has 2 aliphatic rings. The third kappa shape index (κ3) is 3.11. The molecule has 0 atom stereocenters. The van der Waals surface area contributed by atoms with Crippen LogP contribution < -0.4 is 0 Å². The monoisotopic (exact) mass is 303 g/mol. The zero-order chi connectivity index (χ0) is 15.5. The molecule has 1 saturated carbocycles. The van der Waals surface area contributed by atoms with Crippen molar-refractivity contribution < 1.29 is 14.3 Å². The lowest BCUT2D eigenvalue weighted by Gasteiger charge is -2.20. The lowest BCUT2D eigenvalue weighted by molar-refractivity contribution is 0.0232. The molecular formula is C18H25NO3. The number of Topliss-reactive ketones (excluding diaryl/α,β-unsaturated/α-hetero) is 1. The van der Waals surface area contributed by atoms with E-state index < -0.39 is 0 Å². The molecule has 120 valence electrons. The maximum atomic E-state index is 12.5. The summed E-state index contributed by atoms with van der Waals surface area (Å²) in [6.45, 7) is 1.85. The number of rotatable bonds is 2. The van der Waals surface area contributed by atoms with Crippen LogP contribution in [0.4, 0.5) is 0 Å². The molecule has 1 fully saturated rings. The average molecular weight is 303 g/mol. The van der Waals surface area contributed by atoms with E-state index in [0.29, 0.717) is 12.1 Å². The molecule has 1 aromatic heterocycles. The summed E-state index contributed by atoms with van der Waals surface area (Å²) >= 11 is 0. The molecule has 1 heterocycles. The van der Waals surface area contributed by atoms with Crippen molar-refractivity contribution in [3.8, 4) is 0 Å². The van der Waals surface area contributed by atoms with Gasteiger partial charge in [-0.15, -0.1) is 0 Å². The molecule has 1 aromatic rings. The van der Waals surface area contributed by atoms with Crippen LogP contribution in [0.2, 0.25) is 0 Å². The summed E-state index contributed by atoms with van der Waals surface area (Å²) < 4.78 is 5.73. The van der Waals surface area contributed by atoms with Crippen molar-refractivity contribution in [3.05, 3.63) is 22.5 Å². The highest BCUT2D eigenvalue weighted by atomic mass is 16.5. The summed E-state index contributed by atoms with van der Waals surface area (Å²) in [4.78, 5) is 27.7. The molecule has 0 saturated heterocycles. The fraction of sp³-hybridized carbons (Fsp3) is 0.667. The van der Waals surface area contributed by atoms with Crippen molar-refractivity contribution in [2.45, 2.75) is 77.2 Å². The molecule has 4 heteroatoms. The van der Waals surface area contributed by atoms with Gasteiger partial charge in [0.15, 0.2) is 5.78 Å². The molecule has 0 amide bonds. The van der Waals surface area contributed by atoms with Crippen LogP contribution in [0.15, 0.2) is 0 Å². The van der Waals surface area contributed by atoms with Gasteiger partial charge in [0.25, 0.3) is 0 Å². The Balaban J connectivity index is 1.73. The van der Waals surface area contributed by atoms with E-state index in [1.807, 2.05) is 6.92 Å². The van der Waals surface area contributed by atoms with E-state index in [9.17, 15) is 9.59 Å². The molecular weight excluding hydrogens is 278 g/mol. The number of carbonyl (C=O) groups excluding carboxylic acids is 2. The van der Waals surface area contributed by atoms with Crippen LogP contribution in [0, 0.1) is 6.92 Å². The van der Waals surface area contributed by atoms with Gasteiger partial charge in [-0.3, -0.25) is 4.79 Å². The van der Waals surface area contributed by atoms with Crippen molar-refractivity contribution >= 4 is 11.8 Å². The molecule has 1 N–H and O–H groups in total. The second-order valence-corrected chi connectivity index (χ2v) is 6.63. The van der Waals surface area contributed by atoms with Crippen LogP contribution in [-0.4, -0.2) is 22.8 Å². The number of aromatic nitrogens is 1. The lowest BCUT2D eigenvalue weighted by Crippen LogP contribution is -2.20. The smallest absolute Gasteiger partial charge is 0.355 e. The largest absolute Gasteiger partial charge is 0.458 e. The number of nitrogens with one attached hydrogen (secondary N) is 1. The van der Waals surface area contributed by atoms with Crippen molar-refractivity contribution in [1.29, 1.82) is 0 Å². The van der Waals surface area contributed by atoms with Crippen LogP contribution >= 0.6 is 0 Å². The predicted octanol–water partition coefficient (Wildman–Crippen LogP) is 4.11. The second kappa shape index (κ2) is 6.67. The molecule has 2 aliphatic carbocycles. The van der Waals surface area contributed by atoms with Gasteiger partial charge in [-0.1, -0.05) is 19.3 Å². The number of ether oxygens (including phenoxy) is 1. The molecule has 22 heavy (non-hydrogen) atoms. The van der Waals surface area contributed by atoms with Crippen molar-refractivity contribution in [2.24, 2.45) is 0 Å². The fourth-order valence-corrected chi connectivity index (χ4v) is 3.73. The molecule has 0 radical (unpaired) electrons. The van der Waals surface area contributed by atoms with E-state index in [-0.39, 0.29) is 17.9 Å². The Morgan fingerprint density at radius 2 is 1.73 bits per heavy atom. The van der Waals surface area contributed by atoms with Gasteiger partial charge in [0.1, 0.15) is 11.8 Å². The van der Waals surface area contributed by atoms with Gasteiger partial charge in [-0.05, 0) is 51.0 Å². The first-order valence-electron chi connectivity index (χ1n) is 8.62. The molecule has 0 unspecified atom stereocenters. The molecule has 4 nitrogen and oxygen atoms in total. The molecule has 0 aromatic carbocycles. The number of aromatic amines is 1. The minimum absolute atomic E-state index is 0.0308. The van der Waals surface area contributed by atoms with Crippen LogP contribution in [-0.2, 0) is 11.2 Å². The van der Waals surface area contributed by atoms with Crippen LogP contribution in [0.1, 0.15) is 89.9 Å². The molecule has 0 spiro atoms. The lowest BCUT2D eigenvalue weighted by atomic mass is 9.94. The third-order valence-corrected chi connectivity index (χ3v) is 4.97. The topological polar surface area (TPSA) is 59.2 Å². The number of aryl methyl sites for hydroxylation is 1. The first-order valence-corrected chi connectivity index (χ1v) is 8.62. The van der Waals surface area contributed by atoms with E-state index in [4.69, 9.17) is 4.74 Å². The van der Waals surface area contributed by atoms with Gasteiger partial charge in [0, 0.05) is 17.7 Å². The Morgan fingerprint density at radius 3 is 2.41 bits per heavy atom. The quantitative estimate of drug-likeness (QED) is 0.836. The van der Waals surface area contributed by atoms with Gasteiger partial charge in [0.2, 0.25) is 0 Å². The molecule has 0 aliphatic heterocycles. The highest BCUT2D eigenvalue weighted by Gasteiger charge is 2.28. The van der Waals surface area contributed by atoms with Crippen molar-refractivity contribution in [2.75, 3.05) is 0 Å². The Bertz CT molecular complexity index is 565. The fourth-order valence-electron chi connectivity index (χ4n) is 3.73. The highest BCUT2D eigenvalue weighted by molar-refractivity contribution is 6.03. The third-order valence-electron chi connectivity index (χ3n) is 4.97. The number of carbonyl (C=O) groups is 2. The van der Waals surface area contributed by atoms with Crippen LogP contribution in [0.3, 0.4) is 0 Å². The summed E-state index contributed by atoms with van der Waals surface area (Å²) in [5.41, 5.74) is 2.91. The first kappa shape index (κ1) is 15.3. The van der Waals surface area contributed by atoms with Gasteiger partial charge < -0.3 is 9.72 Å². The highest BCUT2D eigenvalue weighted by Crippen LogP contribution is 2.28. The van der Waals surface area contributed by atoms with E-state index >= 15 is 0 Å². The first-order chi connectivity index (χ1) is 10.7. The zero-order valence-corrected chi connectivity index (χ0v) is 13.4. The molecule has 0 bridgehead atoms. The van der Waals surface area contributed by atoms with Gasteiger partial charge in [0.05, 0.1) is 0 Å². The number of hydrogen-bond acceptors (Lipinski definition) is 3. The van der Waals surface area contributed by atoms with Gasteiger partial charge in [-0.2, -0.15) is 0 Å². The SMILES string of the molecule is Cc1c(C(=O)OC2CCCCCCC2)[nH]c2c1C(=O)CCC2. The Labute approximate surface area is 131 Å². The molecule has 3 rings (SSSR count). The van der Waals surface area contributed by atoms with Crippen LogP contribution in [0.25, 0.3) is 0 Å². The summed E-state index contributed by atoms with van der Waals surface area (Å²) in [5, 5.41) is 0. The minimum Gasteiger partial charge on any atom is -0.458 e. The Kier molecular flexibility index (Phi) is 4.65. The normalized spacial score (nSPS) is 20.1. The number of esters is 1. The maximum absolute atomic E-state index is 12.5. The van der Waals surface area contributed by atoms with E-state index in [0.717, 1.165) is 55.3 Å². The summed E-state index contributed by atoms with van der Waals surface area (Å²) in [6.07, 6.45) is 10.3. The average Bonchev–Trinajstić information content (AvgIpc) is 2.80. The van der Waals surface area contributed by atoms with Gasteiger partial charge in [-0.25, -0.2) is 4.79 Å². The summed E-state index contributed by atoms with van der Waals surface area (Å²) in [6, 6.07) is 0. The predicted molar refractivity (Wildman–Crippen MR) is 84.3 cm³/mol. The second-order valence-electron chi connectivity index (χ2n) is 6.63. The Hall–Kier alpha value is -1.58. The van der Waals surface area contributed by atoms with E-state index in [1.54, 1.807) is 0 Å². The van der Waals surface area contributed by atoms with E-state index in [2.05, 4.69) is 4.98 Å². The van der Waals surface area contributed by atoms with Crippen molar-refractivity contribution in [1.82, 2.24) is 4.98 Å². The number of H-pyrrole nitrogens is 1. The Morgan fingerprint density at radius 1 is 1.05 bits per heavy atom. The number of fused-ring (bicyclic) bond motifs is 1. The minimum atomic E-state index is -0.287. The number of ketones is 1. The zero-order valence-electron chi connectivity index (χ0n) is 13.4. The van der Waals surface area contributed by atoms with E-state index in [1.165, 1.54) is 19.3 Å². The van der Waals surface area contributed by atoms with Crippen molar-refractivity contribution in [3.63, 3.8) is 0 Å². The maximum Gasteiger partial charge on any atom is 0.355 e. The number of hydrogen-bond donors (Lipinski definition) is 1. The summed E-state index contributed by atoms with van der Waals surface area (Å²) in [5.74, 6) is -0.134. The van der Waals surface area contributed by atoms with Gasteiger partial charge >= 0.3 is 5.97 Å². The summed E-state index contributed by atoms with van der Waals surface area (Å²) in [7, 11) is 0.